The third kappa shape index (κ3) is 4.82. The van der Waals surface area contributed by atoms with Crippen LogP contribution in [-0.4, -0.2) is 46.7 Å². The number of nitrogens with zero attached hydrogens (tertiary/aromatic N) is 3. The molecule has 0 spiro atoms. The highest BCUT2D eigenvalue weighted by atomic mass is 16.5. The molecule has 1 aromatic carbocycles. The fourth-order valence-electron chi connectivity index (χ4n) is 2.93. The first-order valence-electron chi connectivity index (χ1n) is 9.05. The molecule has 0 aliphatic carbocycles. The van der Waals surface area contributed by atoms with Crippen molar-refractivity contribution in [2.24, 2.45) is 0 Å². The average molecular weight is 359 g/mol. The van der Waals surface area contributed by atoms with Crippen LogP contribution in [0.3, 0.4) is 0 Å². The molecule has 0 saturated carbocycles. The minimum atomic E-state index is -0.0249. The molecule has 7 nitrogen and oxygen atoms in total. The molecule has 0 N–H and O–H groups in total. The number of hydrogen-bond acceptors (Lipinski definition) is 6. The zero-order valence-corrected chi connectivity index (χ0v) is 15.3. The number of aromatic nitrogens is 2. The van der Waals surface area contributed by atoms with Crippen molar-refractivity contribution < 1.29 is 18.8 Å². The van der Waals surface area contributed by atoms with E-state index in [0.29, 0.717) is 18.3 Å². The van der Waals surface area contributed by atoms with Gasteiger partial charge in [0.2, 0.25) is 0 Å². The first-order chi connectivity index (χ1) is 12.7. The fraction of sp³-hybridized carbons (Fsp3) is 0.526. The van der Waals surface area contributed by atoms with Crippen LogP contribution in [0, 0.1) is 6.92 Å². The van der Waals surface area contributed by atoms with E-state index in [4.69, 9.17) is 14.0 Å². The lowest BCUT2D eigenvalue weighted by atomic mass is 10.1. The highest BCUT2D eigenvalue weighted by Gasteiger charge is 2.25. The zero-order chi connectivity index (χ0) is 18.4. The van der Waals surface area contributed by atoms with Crippen LogP contribution in [0.5, 0.6) is 5.75 Å². The first-order valence-corrected chi connectivity index (χ1v) is 9.05. The summed E-state index contributed by atoms with van der Waals surface area (Å²) >= 11 is 0. The number of carbonyl (C=O) groups excluding carboxylic acids is 1. The summed E-state index contributed by atoms with van der Waals surface area (Å²) in [5, 5.41) is 3.85. The smallest absolute Gasteiger partial charge is 0.260 e. The molecule has 0 unspecified atom stereocenters. The summed E-state index contributed by atoms with van der Waals surface area (Å²) in [5.74, 6) is 1.88. The van der Waals surface area contributed by atoms with Crippen molar-refractivity contribution in [1.29, 1.82) is 0 Å². The summed E-state index contributed by atoms with van der Waals surface area (Å²) in [6, 6.07) is 7.69. The molecule has 1 atom stereocenters. The van der Waals surface area contributed by atoms with Gasteiger partial charge in [0.25, 0.3) is 11.8 Å². The van der Waals surface area contributed by atoms with E-state index in [1.165, 1.54) is 0 Å². The number of amides is 1. The highest BCUT2D eigenvalue weighted by molar-refractivity contribution is 5.78. The Labute approximate surface area is 153 Å². The lowest BCUT2D eigenvalue weighted by molar-refractivity contribution is -0.138. The molecular weight excluding hydrogens is 334 g/mol. The van der Waals surface area contributed by atoms with Crippen LogP contribution in [-0.2, 0) is 22.6 Å². The molecule has 1 saturated heterocycles. The van der Waals surface area contributed by atoms with Crippen LogP contribution in [0.2, 0.25) is 0 Å². The van der Waals surface area contributed by atoms with Crippen LogP contribution in [0.15, 0.2) is 28.8 Å². The van der Waals surface area contributed by atoms with E-state index in [-0.39, 0.29) is 25.2 Å². The maximum absolute atomic E-state index is 12.4. The van der Waals surface area contributed by atoms with Gasteiger partial charge in [0.05, 0.1) is 6.10 Å². The molecule has 26 heavy (non-hydrogen) atoms. The Bertz CT molecular complexity index is 731. The standard InChI is InChI=1S/C19H25N3O4/c1-3-17-20-18(26-21-17)12-24-15-8-6-10-22(11-15)19(23)13-25-16-9-5-4-7-14(16)2/h4-5,7,9,15H,3,6,8,10-13H2,1-2H3/t15-/m0/s1. The van der Waals surface area contributed by atoms with Gasteiger partial charge in [-0.2, -0.15) is 4.98 Å². The maximum Gasteiger partial charge on any atom is 0.260 e. The van der Waals surface area contributed by atoms with Crippen LogP contribution in [0.25, 0.3) is 0 Å². The number of piperidine rings is 1. The SMILES string of the molecule is CCc1noc(CO[C@H]2CCCN(C(=O)COc3ccccc3C)C2)n1. The lowest BCUT2D eigenvalue weighted by Gasteiger charge is -2.32. The second kappa shape index (κ2) is 8.80. The molecule has 1 aliphatic rings. The van der Waals surface area contributed by atoms with E-state index < -0.39 is 0 Å². The van der Waals surface area contributed by atoms with Gasteiger partial charge >= 0.3 is 0 Å². The third-order valence-corrected chi connectivity index (χ3v) is 4.44. The Kier molecular flexibility index (Phi) is 6.22. The van der Waals surface area contributed by atoms with Crippen molar-refractivity contribution in [3.63, 3.8) is 0 Å². The molecule has 1 fully saturated rings. The number of rotatable bonds is 7. The summed E-state index contributed by atoms with van der Waals surface area (Å²) in [6.07, 6.45) is 2.53. The molecule has 7 heteroatoms. The van der Waals surface area contributed by atoms with Gasteiger partial charge < -0.3 is 18.9 Å². The van der Waals surface area contributed by atoms with Crippen LogP contribution < -0.4 is 4.74 Å². The maximum atomic E-state index is 12.4. The minimum absolute atomic E-state index is 0.0207. The first kappa shape index (κ1) is 18.4. The Hall–Kier alpha value is -2.41. The van der Waals surface area contributed by atoms with Crippen LogP contribution >= 0.6 is 0 Å². The quantitative estimate of drug-likeness (QED) is 0.756. The predicted octanol–water partition coefficient (Wildman–Crippen LogP) is 2.53. The van der Waals surface area contributed by atoms with Crippen molar-refractivity contribution in [3.05, 3.63) is 41.5 Å². The Morgan fingerprint density at radius 3 is 3.00 bits per heavy atom. The minimum Gasteiger partial charge on any atom is -0.484 e. The molecule has 1 aliphatic heterocycles. The van der Waals surface area contributed by atoms with Crippen molar-refractivity contribution in [2.45, 2.75) is 45.8 Å². The van der Waals surface area contributed by atoms with Gasteiger partial charge in [-0.15, -0.1) is 0 Å². The normalized spacial score (nSPS) is 17.3. The zero-order valence-electron chi connectivity index (χ0n) is 15.3. The molecule has 140 valence electrons. The van der Waals surface area contributed by atoms with Gasteiger partial charge in [-0.05, 0) is 31.4 Å². The van der Waals surface area contributed by atoms with Gasteiger partial charge in [0, 0.05) is 19.5 Å². The number of likely N-dealkylation sites (tertiary alicyclic amines) is 1. The van der Waals surface area contributed by atoms with E-state index in [0.717, 1.165) is 37.1 Å². The Morgan fingerprint density at radius 1 is 1.38 bits per heavy atom. The second-order valence-corrected chi connectivity index (χ2v) is 6.43. The van der Waals surface area contributed by atoms with Crippen LogP contribution in [0.1, 0.15) is 37.0 Å². The summed E-state index contributed by atoms with van der Waals surface area (Å²) in [6.45, 7) is 5.55. The fourth-order valence-corrected chi connectivity index (χ4v) is 2.93. The van der Waals surface area contributed by atoms with Crippen molar-refractivity contribution >= 4 is 5.91 Å². The average Bonchev–Trinajstić information content (AvgIpc) is 3.14. The molecule has 2 aromatic rings. The van der Waals surface area contributed by atoms with Crippen molar-refractivity contribution in [2.75, 3.05) is 19.7 Å². The van der Waals surface area contributed by atoms with E-state index >= 15 is 0 Å². The van der Waals surface area contributed by atoms with E-state index in [2.05, 4.69) is 10.1 Å². The number of hydrogen-bond donors (Lipinski definition) is 0. The summed E-state index contributed by atoms with van der Waals surface area (Å²) in [4.78, 5) is 18.5. The molecule has 1 amide bonds. The second-order valence-electron chi connectivity index (χ2n) is 6.43. The van der Waals surface area contributed by atoms with Gasteiger partial charge in [0.1, 0.15) is 12.4 Å². The predicted molar refractivity (Wildman–Crippen MR) is 94.7 cm³/mol. The van der Waals surface area contributed by atoms with Gasteiger partial charge in [-0.25, -0.2) is 0 Å². The Balaban J connectivity index is 1.46. The monoisotopic (exact) mass is 359 g/mol. The van der Waals surface area contributed by atoms with E-state index in [1.807, 2.05) is 38.1 Å². The van der Waals surface area contributed by atoms with E-state index in [1.54, 1.807) is 4.90 Å². The van der Waals surface area contributed by atoms with Crippen LogP contribution in [0.4, 0.5) is 0 Å². The van der Waals surface area contributed by atoms with Gasteiger partial charge in [0.15, 0.2) is 12.4 Å². The molecular formula is C19H25N3O4. The lowest BCUT2D eigenvalue weighted by Crippen LogP contribution is -2.45. The van der Waals surface area contributed by atoms with Gasteiger partial charge in [-0.1, -0.05) is 30.3 Å². The van der Waals surface area contributed by atoms with Gasteiger partial charge in [-0.3, -0.25) is 4.79 Å². The molecule has 0 bridgehead atoms. The number of para-hydroxylation sites is 1. The molecule has 2 heterocycles. The number of carbonyl (C=O) groups is 1. The molecule has 3 rings (SSSR count). The highest BCUT2D eigenvalue weighted by Crippen LogP contribution is 2.18. The third-order valence-electron chi connectivity index (χ3n) is 4.44. The van der Waals surface area contributed by atoms with Crippen molar-refractivity contribution in [1.82, 2.24) is 15.0 Å². The number of ether oxygens (including phenoxy) is 2. The largest absolute Gasteiger partial charge is 0.484 e. The summed E-state index contributed by atoms with van der Waals surface area (Å²) < 4.78 is 16.7. The van der Waals surface area contributed by atoms with Crippen molar-refractivity contribution in [3.8, 4) is 5.75 Å². The molecule has 0 radical (unpaired) electrons. The van der Waals surface area contributed by atoms with E-state index in [9.17, 15) is 4.79 Å². The summed E-state index contributed by atoms with van der Waals surface area (Å²) in [5.41, 5.74) is 1.02. The topological polar surface area (TPSA) is 77.7 Å². The number of aryl methyl sites for hydroxylation is 2. The Morgan fingerprint density at radius 2 is 2.23 bits per heavy atom. The number of benzene rings is 1. The molecule has 1 aromatic heterocycles. The summed E-state index contributed by atoms with van der Waals surface area (Å²) in [7, 11) is 0.